The molecule has 0 amide bonds. The molecule has 0 aliphatic carbocycles. The van der Waals surface area contributed by atoms with Crippen LogP contribution in [0.15, 0.2) is 5.10 Å². The highest BCUT2D eigenvalue weighted by molar-refractivity contribution is 6.15. The van der Waals surface area contributed by atoms with Crippen LogP contribution in [-0.4, -0.2) is 29.4 Å². The van der Waals surface area contributed by atoms with Crippen molar-refractivity contribution >= 4 is 24.0 Å². The Labute approximate surface area is 69.9 Å². The number of halogens is 1. The standard InChI is InChI=1S/C6H9ClN2O2/c1-2-11-6(10)5-3-4-8-9(5)7/h4-5H,2-3H2,1H3. The molecule has 0 bridgehead atoms. The van der Waals surface area contributed by atoms with Crippen molar-refractivity contribution in [2.45, 2.75) is 19.4 Å². The fraction of sp³-hybridized carbons (Fsp3) is 0.667. The van der Waals surface area contributed by atoms with Gasteiger partial charge in [0.25, 0.3) is 0 Å². The molecule has 0 radical (unpaired) electrons. The van der Waals surface area contributed by atoms with Crippen molar-refractivity contribution in [3.8, 4) is 0 Å². The maximum atomic E-state index is 11.0. The predicted octanol–water partition coefficient (Wildman–Crippen LogP) is 0.763. The van der Waals surface area contributed by atoms with Gasteiger partial charge in [-0.05, 0) is 6.92 Å². The van der Waals surface area contributed by atoms with Crippen molar-refractivity contribution in [3.05, 3.63) is 0 Å². The van der Waals surface area contributed by atoms with Crippen LogP contribution in [0.3, 0.4) is 0 Å². The normalized spacial score (nSPS) is 22.4. The van der Waals surface area contributed by atoms with E-state index >= 15 is 0 Å². The van der Waals surface area contributed by atoms with Crippen LogP contribution in [0.2, 0.25) is 0 Å². The van der Waals surface area contributed by atoms with Gasteiger partial charge in [-0.15, -0.1) is 0 Å². The van der Waals surface area contributed by atoms with E-state index in [1.54, 1.807) is 13.1 Å². The Kier molecular flexibility index (Phi) is 2.70. The largest absolute Gasteiger partial charge is 0.464 e. The van der Waals surface area contributed by atoms with Gasteiger partial charge < -0.3 is 4.74 Å². The molecule has 0 N–H and O–H groups in total. The maximum absolute atomic E-state index is 11.0. The molecule has 1 aliphatic heterocycles. The van der Waals surface area contributed by atoms with Crippen LogP contribution in [0.5, 0.6) is 0 Å². The summed E-state index contributed by atoms with van der Waals surface area (Å²) in [7, 11) is 0. The third kappa shape index (κ3) is 1.83. The van der Waals surface area contributed by atoms with Gasteiger partial charge in [-0.25, -0.2) is 4.79 Å². The van der Waals surface area contributed by atoms with Crippen LogP contribution in [0, 0.1) is 0 Å². The monoisotopic (exact) mass is 176 g/mol. The maximum Gasteiger partial charge on any atom is 0.332 e. The van der Waals surface area contributed by atoms with E-state index in [-0.39, 0.29) is 5.97 Å². The third-order valence-corrected chi connectivity index (χ3v) is 1.66. The van der Waals surface area contributed by atoms with E-state index < -0.39 is 6.04 Å². The van der Waals surface area contributed by atoms with Crippen molar-refractivity contribution in [1.29, 1.82) is 0 Å². The molecule has 1 unspecified atom stereocenters. The molecule has 1 heterocycles. The average molecular weight is 177 g/mol. The summed E-state index contributed by atoms with van der Waals surface area (Å²) < 4.78 is 5.85. The number of hydrazone groups is 1. The molecule has 1 atom stereocenters. The first kappa shape index (κ1) is 8.33. The number of hydrogen-bond donors (Lipinski definition) is 0. The highest BCUT2D eigenvalue weighted by Crippen LogP contribution is 2.14. The van der Waals surface area contributed by atoms with Crippen molar-refractivity contribution in [2.24, 2.45) is 5.10 Å². The molecule has 5 heteroatoms. The highest BCUT2D eigenvalue weighted by Gasteiger charge is 2.28. The van der Waals surface area contributed by atoms with E-state index in [1.165, 1.54) is 0 Å². The third-order valence-electron chi connectivity index (χ3n) is 1.34. The topological polar surface area (TPSA) is 41.9 Å². The van der Waals surface area contributed by atoms with Gasteiger partial charge in [-0.1, -0.05) is 0 Å². The molecule has 0 saturated heterocycles. The van der Waals surface area contributed by atoms with Gasteiger partial charge in [0.2, 0.25) is 0 Å². The Morgan fingerprint density at radius 2 is 2.73 bits per heavy atom. The number of nitrogens with zero attached hydrogens (tertiary/aromatic N) is 2. The fourth-order valence-electron chi connectivity index (χ4n) is 0.814. The van der Waals surface area contributed by atoms with Gasteiger partial charge >= 0.3 is 5.97 Å². The van der Waals surface area contributed by atoms with E-state index in [0.29, 0.717) is 13.0 Å². The second-order valence-electron chi connectivity index (χ2n) is 2.09. The summed E-state index contributed by atoms with van der Waals surface area (Å²) in [6, 6.07) is -0.434. The zero-order chi connectivity index (χ0) is 8.27. The van der Waals surface area contributed by atoms with Crippen LogP contribution >= 0.6 is 11.8 Å². The lowest BCUT2D eigenvalue weighted by atomic mass is 10.2. The quantitative estimate of drug-likeness (QED) is 0.461. The number of carbonyl (C=O) groups excluding carboxylic acids is 1. The first-order valence-electron chi connectivity index (χ1n) is 3.39. The minimum absolute atomic E-state index is 0.319. The average Bonchev–Trinajstić information content (AvgIpc) is 2.36. The zero-order valence-corrected chi connectivity index (χ0v) is 6.91. The zero-order valence-electron chi connectivity index (χ0n) is 6.16. The first-order valence-corrected chi connectivity index (χ1v) is 3.73. The van der Waals surface area contributed by atoms with Gasteiger partial charge in [-0.3, -0.25) is 0 Å². The van der Waals surface area contributed by atoms with E-state index in [2.05, 4.69) is 5.10 Å². The van der Waals surface area contributed by atoms with E-state index in [0.717, 1.165) is 4.53 Å². The Bertz CT molecular complexity index is 183. The number of ether oxygens (including phenoxy) is 1. The second-order valence-corrected chi connectivity index (χ2v) is 2.44. The Morgan fingerprint density at radius 1 is 2.00 bits per heavy atom. The molecule has 0 fully saturated rings. The summed E-state index contributed by atoms with van der Waals surface area (Å²) in [5.41, 5.74) is 0. The summed E-state index contributed by atoms with van der Waals surface area (Å²) >= 11 is 5.54. The summed E-state index contributed by atoms with van der Waals surface area (Å²) in [6.07, 6.45) is 2.12. The smallest absolute Gasteiger partial charge is 0.332 e. The van der Waals surface area contributed by atoms with Gasteiger partial charge in [0.15, 0.2) is 6.04 Å². The molecule has 62 valence electrons. The summed E-state index contributed by atoms with van der Waals surface area (Å²) in [4.78, 5) is 11.0. The van der Waals surface area contributed by atoms with Gasteiger partial charge in [0.05, 0.1) is 6.61 Å². The molecule has 0 aromatic rings. The fourth-order valence-corrected chi connectivity index (χ4v) is 1.04. The van der Waals surface area contributed by atoms with Crippen molar-refractivity contribution in [1.82, 2.24) is 4.53 Å². The summed E-state index contributed by atoms with van der Waals surface area (Å²) in [6.45, 7) is 2.13. The lowest BCUT2D eigenvalue weighted by Gasteiger charge is -2.13. The summed E-state index contributed by atoms with van der Waals surface area (Å²) in [5.74, 6) is -0.319. The van der Waals surface area contributed by atoms with Gasteiger partial charge in [0, 0.05) is 24.4 Å². The minimum atomic E-state index is -0.434. The number of carbonyl (C=O) groups is 1. The molecule has 0 aromatic carbocycles. The SMILES string of the molecule is CCOC(=O)C1CC=NN1Cl. The van der Waals surface area contributed by atoms with Crippen LogP contribution in [0.25, 0.3) is 0 Å². The van der Waals surface area contributed by atoms with Crippen LogP contribution in [0.1, 0.15) is 13.3 Å². The van der Waals surface area contributed by atoms with E-state index in [9.17, 15) is 4.79 Å². The molecule has 1 rings (SSSR count). The van der Waals surface area contributed by atoms with Crippen molar-refractivity contribution in [3.63, 3.8) is 0 Å². The van der Waals surface area contributed by atoms with Crippen LogP contribution in [-0.2, 0) is 9.53 Å². The van der Waals surface area contributed by atoms with Gasteiger partial charge in [-0.2, -0.15) is 9.63 Å². The minimum Gasteiger partial charge on any atom is -0.464 e. The second kappa shape index (κ2) is 3.57. The molecule has 11 heavy (non-hydrogen) atoms. The first-order chi connectivity index (χ1) is 5.25. The van der Waals surface area contributed by atoms with Gasteiger partial charge in [0.1, 0.15) is 0 Å². The molecule has 0 spiro atoms. The van der Waals surface area contributed by atoms with Crippen LogP contribution < -0.4 is 0 Å². The number of hydrogen-bond acceptors (Lipinski definition) is 4. The van der Waals surface area contributed by atoms with E-state index in [4.69, 9.17) is 16.5 Å². The van der Waals surface area contributed by atoms with Crippen molar-refractivity contribution < 1.29 is 9.53 Å². The van der Waals surface area contributed by atoms with Crippen molar-refractivity contribution in [2.75, 3.05) is 6.61 Å². The number of esters is 1. The highest BCUT2D eigenvalue weighted by atomic mass is 35.5. The lowest BCUT2D eigenvalue weighted by molar-refractivity contribution is -0.147. The molecule has 0 saturated carbocycles. The Hall–Kier alpha value is -0.770. The molecular formula is C6H9ClN2O2. The molecule has 0 aromatic heterocycles. The Balaban J connectivity index is 2.42. The molecule has 1 aliphatic rings. The summed E-state index contributed by atoms with van der Waals surface area (Å²) in [5, 5.41) is 3.69. The number of rotatable bonds is 2. The Morgan fingerprint density at radius 3 is 3.18 bits per heavy atom. The lowest BCUT2D eigenvalue weighted by Crippen LogP contribution is -2.30. The van der Waals surface area contributed by atoms with Crippen LogP contribution in [0.4, 0.5) is 0 Å². The molecular weight excluding hydrogens is 168 g/mol. The predicted molar refractivity (Wildman–Crippen MR) is 41.2 cm³/mol. The van der Waals surface area contributed by atoms with E-state index in [1.807, 2.05) is 0 Å². The molecule has 4 nitrogen and oxygen atoms in total.